The molecule has 1 aliphatic rings. The van der Waals surface area contributed by atoms with Crippen LogP contribution in [0.3, 0.4) is 0 Å². The Hall–Kier alpha value is -1.85. The average molecular weight is 292 g/mol. The molecule has 0 aliphatic carbocycles. The molecule has 20 heavy (non-hydrogen) atoms. The first-order valence-electron chi connectivity index (χ1n) is 6.42. The van der Waals surface area contributed by atoms with Crippen LogP contribution in [0.1, 0.15) is 6.42 Å². The molecule has 6 heteroatoms. The van der Waals surface area contributed by atoms with Gasteiger partial charge in [-0.2, -0.15) is 0 Å². The molecule has 1 fully saturated rings. The number of hydrogen-bond donors (Lipinski definition) is 2. The second-order valence-corrected chi connectivity index (χ2v) is 5.06. The molecule has 0 spiro atoms. The predicted octanol–water partition coefficient (Wildman–Crippen LogP) is 2.80. The fourth-order valence-electron chi connectivity index (χ4n) is 2.24. The van der Waals surface area contributed by atoms with Crippen molar-refractivity contribution in [3.8, 4) is 0 Å². The van der Waals surface area contributed by atoms with Crippen LogP contribution in [0, 0.1) is 0 Å². The van der Waals surface area contributed by atoms with Gasteiger partial charge < -0.3 is 15.4 Å². The largest absolute Gasteiger partial charge is 0.379 e. The quantitative estimate of drug-likeness (QED) is 0.894. The van der Waals surface area contributed by atoms with Gasteiger partial charge in [0.25, 0.3) is 0 Å². The first kappa shape index (κ1) is 13.1. The Labute approximate surface area is 121 Å². The van der Waals surface area contributed by atoms with Crippen molar-refractivity contribution in [2.45, 2.75) is 12.5 Å². The Morgan fingerprint density at radius 3 is 3.10 bits per heavy atom. The highest BCUT2D eigenvalue weighted by molar-refractivity contribution is 6.35. The van der Waals surface area contributed by atoms with Crippen molar-refractivity contribution >= 4 is 34.2 Å². The first-order chi connectivity index (χ1) is 9.74. The van der Waals surface area contributed by atoms with E-state index in [1.165, 1.54) is 0 Å². The van der Waals surface area contributed by atoms with E-state index < -0.39 is 0 Å². The zero-order valence-electron chi connectivity index (χ0n) is 10.7. The zero-order chi connectivity index (χ0) is 13.9. The third kappa shape index (κ3) is 2.69. The van der Waals surface area contributed by atoms with Crippen LogP contribution in [-0.2, 0) is 4.74 Å². The van der Waals surface area contributed by atoms with Crippen molar-refractivity contribution in [1.29, 1.82) is 0 Å². The van der Waals surface area contributed by atoms with Gasteiger partial charge in [0.2, 0.25) is 0 Å². The lowest BCUT2D eigenvalue weighted by atomic mass is 10.2. The number of benzene rings is 1. The Balaban J connectivity index is 1.80. The van der Waals surface area contributed by atoms with E-state index >= 15 is 0 Å². The third-order valence-corrected chi connectivity index (χ3v) is 3.54. The number of rotatable bonds is 2. The van der Waals surface area contributed by atoms with Crippen molar-refractivity contribution < 1.29 is 9.53 Å². The molecule has 1 saturated heterocycles. The van der Waals surface area contributed by atoms with Gasteiger partial charge in [-0.3, -0.25) is 4.98 Å². The van der Waals surface area contributed by atoms with E-state index in [-0.39, 0.29) is 12.1 Å². The molecule has 0 radical (unpaired) electrons. The van der Waals surface area contributed by atoms with Gasteiger partial charge in [0.05, 0.1) is 28.9 Å². The number of nitrogens with zero attached hydrogens (tertiary/aromatic N) is 1. The molecule has 0 unspecified atom stereocenters. The van der Waals surface area contributed by atoms with E-state index in [4.69, 9.17) is 16.3 Å². The minimum Gasteiger partial charge on any atom is -0.379 e. The summed E-state index contributed by atoms with van der Waals surface area (Å²) in [6.45, 7) is 1.26. The number of pyridine rings is 1. The van der Waals surface area contributed by atoms with Crippen molar-refractivity contribution in [3.63, 3.8) is 0 Å². The molecule has 2 aromatic rings. The second kappa shape index (κ2) is 5.64. The molecule has 0 bridgehead atoms. The molecular weight excluding hydrogens is 278 g/mol. The van der Waals surface area contributed by atoms with Crippen LogP contribution in [0.15, 0.2) is 30.5 Å². The third-order valence-electron chi connectivity index (χ3n) is 3.23. The number of ether oxygens (including phenoxy) is 1. The van der Waals surface area contributed by atoms with E-state index in [1.807, 2.05) is 12.1 Å². The van der Waals surface area contributed by atoms with Gasteiger partial charge in [-0.25, -0.2) is 4.79 Å². The van der Waals surface area contributed by atoms with Crippen LogP contribution < -0.4 is 10.6 Å². The van der Waals surface area contributed by atoms with Gasteiger partial charge in [-0.15, -0.1) is 0 Å². The van der Waals surface area contributed by atoms with Crippen LogP contribution in [-0.4, -0.2) is 30.3 Å². The van der Waals surface area contributed by atoms with Crippen LogP contribution in [0.25, 0.3) is 10.9 Å². The number of nitrogens with one attached hydrogen (secondary N) is 2. The minimum absolute atomic E-state index is 0.0756. The van der Waals surface area contributed by atoms with Crippen molar-refractivity contribution in [3.05, 3.63) is 35.5 Å². The van der Waals surface area contributed by atoms with E-state index in [0.717, 1.165) is 11.8 Å². The Bertz CT molecular complexity index is 641. The Morgan fingerprint density at radius 2 is 2.30 bits per heavy atom. The maximum Gasteiger partial charge on any atom is 0.319 e. The molecule has 1 aromatic carbocycles. The lowest BCUT2D eigenvalue weighted by Crippen LogP contribution is -2.38. The molecule has 5 nitrogen and oxygen atoms in total. The normalized spacial score (nSPS) is 18.1. The fraction of sp³-hybridized carbons (Fsp3) is 0.286. The summed E-state index contributed by atoms with van der Waals surface area (Å²) in [5.74, 6) is 0. The summed E-state index contributed by atoms with van der Waals surface area (Å²) < 4.78 is 5.22. The summed E-state index contributed by atoms with van der Waals surface area (Å²) in [5.41, 5.74) is 1.37. The molecule has 2 amide bonds. The number of fused-ring (bicyclic) bond motifs is 1. The maximum absolute atomic E-state index is 12.0. The number of carbonyl (C=O) groups excluding carboxylic acids is 1. The summed E-state index contributed by atoms with van der Waals surface area (Å²) >= 11 is 6.10. The van der Waals surface area contributed by atoms with Gasteiger partial charge in [-0.05, 0) is 30.7 Å². The van der Waals surface area contributed by atoms with Crippen LogP contribution in [0.4, 0.5) is 10.5 Å². The Morgan fingerprint density at radius 1 is 1.40 bits per heavy atom. The SMILES string of the molecule is O=C(Nc1ccc(Cl)c2ncccc12)N[C@H]1CCOC1. The van der Waals surface area contributed by atoms with Crippen LogP contribution >= 0.6 is 11.6 Å². The van der Waals surface area contributed by atoms with Crippen molar-refractivity contribution in [2.75, 3.05) is 18.5 Å². The van der Waals surface area contributed by atoms with Crippen molar-refractivity contribution in [1.82, 2.24) is 10.3 Å². The second-order valence-electron chi connectivity index (χ2n) is 4.65. The lowest BCUT2D eigenvalue weighted by molar-refractivity contribution is 0.189. The molecule has 1 atom stereocenters. The summed E-state index contributed by atoms with van der Waals surface area (Å²) in [6.07, 6.45) is 2.52. The highest BCUT2D eigenvalue weighted by Crippen LogP contribution is 2.27. The molecule has 0 saturated carbocycles. The molecule has 1 aliphatic heterocycles. The van der Waals surface area contributed by atoms with Gasteiger partial charge in [-0.1, -0.05) is 11.6 Å². The first-order valence-corrected chi connectivity index (χ1v) is 6.80. The predicted molar refractivity (Wildman–Crippen MR) is 78.1 cm³/mol. The number of urea groups is 1. The molecular formula is C14H14ClN3O2. The lowest BCUT2D eigenvalue weighted by Gasteiger charge is -2.13. The minimum atomic E-state index is -0.243. The van der Waals surface area contributed by atoms with E-state index in [0.29, 0.717) is 29.4 Å². The summed E-state index contributed by atoms with van der Waals surface area (Å²) in [5, 5.41) is 7.10. The van der Waals surface area contributed by atoms with Gasteiger partial charge in [0.1, 0.15) is 0 Å². The molecule has 2 heterocycles. The van der Waals surface area contributed by atoms with Gasteiger partial charge >= 0.3 is 6.03 Å². The molecule has 2 N–H and O–H groups in total. The number of anilines is 1. The number of halogens is 1. The zero-order valence-corrected chi connectivity index (χ0v) is 11.5. The number of carbonyl (C=O) groups is 1. The summed E-state index contributed by atoms with van der Waals surface area (Å²) in [4.78, 5) is 16.2. The monoisotopic (exact) mass is 291 g/mol. The number of aromatic nitrogens is 1. The highest BCUT2D eigenvalue weighted by atomic mass is 35.5. The van der Waals surface area contributed by atoms with E-state index in [2.05, 4.69) is 15.6 Å². The van der Waals surface area contributed by atoms with E-state index in [1.54, 1.807) is 18.3 Å². The Kier molecular flexibility index (Phi) is 3.71. The highest BCUT2D eigenvalue weighted by Gasteiger charge is 2.18. The topological polar surface area (TPSA) is 63.2 Å². The summed E-state index contributed by atoms with van der Waals surface area (Å²) in [7, 11) is 0. The van der Waals surface area contributed by atoms with Crippen LogP contribution in [0.5, 0.6) is 0 Å². The molecule has 1 aromatic heterocycles. The van der Waals surface area contributed by atoms with E-state index in [9.17, 15) is 4.79 Å². The maximum atomic E-state index is 12.0. The summed E-state index contributed by atoms with van der Waals surface area (Å²) in [6, 6.07) is 7.02. The fourth-order valence-corrected chi connectivity index (χ4v) is 2.45. The number of amides is 2. The van der Waals surface area contributed by atoms with Crippen molar-refractivity contribution in [2.24, 2.45) is 0 Å². The number of hydrogen-bond acceptors (Lipinski definition) is 3. The van der Waals surface area contributed by atoms with Gasteiger partial charge in [0.15, 0.2) is 0 Å². The molecule has 104 valence electrons. The van der Waals surface area contributed by atoms with Gasteiger partial charge in [0, 0.05) is 18.2 Å². The molecule has 3 rings (SSSR count). The van der Waals surface area contributed by atoms with Crippen LogP contribution in [0.2, 0.25) is 5.02 Å². The smallest absolute Gasteiger partial charge is 0.319 e. The average Bonchev–Trinajstić information content (AvgIpc) is 2.95. The standard InChI is InChI=1S/C14H14ClN3O2/c15-11-3-4-12(10-2-1-6-16-13(10)11)18-14(19)17-9-5-7-20-8-9/h1-4,6,9H,5,7-8H2,(H2,17,18,19)/t9-/m0/s1.